The quantitative estimate of drug-likeness (QED) is 0.871. The second-order valence-electron chi connectivity index (χ2n) is 4.78. The fourth-order valence-corrected chi connectivity index (χ4v) is 1.99. The predicted octanol–water partition coefficient (Wildman–Crippen LogP) is 2.72. The SMILES string of the molecule is CCC(C)[C@H](N)C(=O)N(CC)c1ccccc1C. The molecule has 1 rings (SSSR count). The van der Waals surface area contributed by atoms with Gasteiger partial charge in [0.15, 0.2) is 0 Å². The molecule has 0 spiro atoms. The van der Waals surface area contributed by atoms with Crippen molar-refractivity contribution in [2.75, 3.05) is 11.4 Å². The largest absolute Gasteiger partial charge is 0.320 e. The number of para-hydroxylation sites is 1. The molecule has 0 radical (unpaired) electrons. The maximum absolute atomic E-state index is 12.4. The van der Waals surface area contributed by atoms with Crippen LogP contribution in [0.1, 0.15) is 32.8 Å². The molecule has 0 aromatic heterocycles. The molecular formula is C15H24N2O. The number of amides is 1. The summed E-state index contributed by atoms with van der Waals surface area (Å²) in [6.07, 6.45) is 0.915. The second-order valence-corrected chi connectivity index (χ2v) is 4.78. The zero-order chi connectivity index (χ0) is 13.7. The highest BCUT2D eigenvalue weighted by atomic mass is 16.2. The molecule has 0 saturated carbocycles. The molecule has 0 aliphatic rings. The Bertz CT molecular complexity index is 403. The number of anilines is 1. The number of benzene rings is 1. The Kier molecular flexibility index (Phi) is 5.35. The average molecular weight is 248 g/mol. The van der Waals surface area contributed by atoms with Crippen molar-refractivity contribution in [3.63, 3.8) is 0 Å². The molecule has 2 N–H and O–H groups in total. The summed E-state index contributed by atoms with van der Waals surface area (Å²) in [5, 5.41) is 0. The van der Waals surface area contributed by atoms with E-state index in [1.807, 2.05) is 45.0 Å². The van der Waals surface area contributed by atoms with Crippen molar-refractivity contribution >= 4 is 11.6 Å². The number of nitrogens with zero attached hydrogens (tertiary/aromatic N) is 1. The maximum Gasteiger partial charge on any atom is 0.244 e. The monoisotopic (exact) mass is 248 g/mol. The van der Waals surface area contributed by atoms with E-state index in [1.54, 1.807) is 4.90 Å². The molecule has 0 bridgehead atoms. The van der Waals surface area contributed by atoms with Crippen molar-refractivity contribution in [1.29, 1.82) is 0 Å². The van der Waals surface area contributed by atoms with E-state index in [0.717, 1.165) is 17.7 Å². The summed E-state index contributed by atoms with van der Waals surface area (Å²) in [5.74, 6) is 0.219. The molecule has 1 aromatic carbocycles. The highest BCUT2D eigenvalue weighted by Gasteiger charge is 2.25. The molecule has 2 atom stereocenters. The highest BCUT2D eigenvalue weighted by Crippen LogP contribution is 2.21. The highest BCUT2D eigenvalue weighted by molar-refractivity contribution is 5.97. The average Bonchev–Trinajstić information content (AvgIpc) is 2.39. The van der Waals surface area contributed by atoms with Gasteiger partial charge in [-0.25, -0.2) is 0 Å². The van der Waals surface area contributed by atoms with Crippen molar-refractivity contribution in [3.8, 4) is 0 Å². The van der Waals surface area contributed by atoms with Gasteiger partial charge in [0.25, 0.3) is 0 Å². The Morgan fingerprint density at radius 1 is 1.33 bits per heavy atom. The third-order valence-electron chi connectivity index (χ3n) is 3.53. The van der Waals surface area contributed by atoms with Crippen molar-refractivity contribution < 1.29 is 4.79 Å². The minimum Gasteiger partial charge on any atom is -0.320 e. The van der Waals surface area contributed by atoms with Gasteiger partial charge in [-0.3, -0.25) is 4.79 Å². The molecule has 0 aliphatic heterocycles. The zero-order valence-corrected chi connectivity index (χ0v) is 11.8. The van der Waals surface area contributed by atoms with Gasteiger partial charge in [0.05, 0.1) is 6.04 Å². The van der Waals surface area contributed by atoms with Gasteiger partial charge in [-0.2, -0.15) is 0 Å². The smallest absolute Gasteiger partial charge is 0.244 e. The van der Waals surface area contributed by atoms with Crippen LogP contribution in [-0.2, 0) is 4.79 Å². The summed E-state index contributed by atoms with van der Waals surface area (Å²) in [7, 11) is 0. The normalized spacial score (nSPS) is 14.1. The Morgan fingerprint density at radius 3 is 2.44 bits per heavy atom. The molecule has 1 amide bonds. The summed E-state index contributed by atoms with van der Waals surface area (Å²) in [5.41, 5.74) is 8.11. The van der Waals surface area contributed by atoms with Crippen LogP contribution in [0.4, 0.5) is 5.69 Å². The Hall–Kier alpha value is -1.35. The molecule has 0 fully saturated rings. The third-order valence-corrected chi connectivity index (χ3v) is 3.53. The Morgan fingerprint density at radius 2 is 1.94 bits per heavy atom. The van der Waals surface area contributed by atoms with Crippen LogP contribution in [0.15, 0.2) is 24.3 Å². The first-order chi connectivity index (χ1) is 8.52. The van der Waals surface area contributed by atoms with Gasteiger partial charge < -0.3 is 10.6 Å². The number of carbonyl (C=O) groups is 1. The third kappa shape index (κ3) is 3.10. The molecule has 100 valence electrons. The van der Waals surface area contributed by atoms with E-state index >= 15 is 0 Å². The number of nitrogens with two attached hydrogens (primary N) is 1. The minimum absolute atomic E-state index is 0.0150. The molecule has 0 heterocycles. The second kappa shape index (κ2) is 6.55. The molecular weight excluding hydrogens is 224 g/mol. The summed E-state index contributed by atoms with van der Waals surface area (Å²) in [6, 6.07) is 7.49. The fraction of sp³-hybridized carbons (Fsp3) is 0.533. The molecule has 18 heavy (non-hydrogen) atoms. The van der Waals surface area contributed by atoms with Crippen LogP contribution < -0.4 is 10.6 Å². The standard InChI is InChI=1S/C15H24N2O/c1-5-11(3)14(16)15(18)17(6-2)13-10-8-7-9-12(13)4/h7-11,14H,5-6,16H2,1-4H3/t11?,14-/m0/s1. The molecule has 0 saturated heterocycles. The minimum atomic E-state index is -0.422. The number of rotatable bonds is 5. The van der Waals surface area contributed by atoms with Crippen LogP contribution in [0.2, 0.25) is 0 Å². The van der Waals surface area contributed by atoms with Gasteiger partial charge in [0.2, 0.25) is 5.91 Å². The lowest BCUT2D eigenvalue weighted by Crippen LogP contribution is -2.47. The van der Waals surface area contributed by atoms with E-state index in [0.29, 0.717) is 6.54 Å². The van der Waals surface area contributed by atoms with Crippen molar-refractivity contribution in [1.82, 2.24) is 0 Å². The maximum atomic E-state index is 12.4. The van der Waals surface area contributed by atoms with Crippen LogP contribution in [-0.4, -0.2) is 18.5 Å². The van der Waals surface area contributed by atoms with Gasteiger partial charge in [-0.05, 0) is 31.4 Å². The van der Waals surface area contributed by atoms with E-state index in [4.69, 9.17) is 5.73 Å². The first-order valence-corrected chi connectivity index (χ1v) is 6.65. The van der Waals surface area contributed by atoms with Crippen LogP contribution in [0.3, 0.4) is 0 Å². The first kappa shape index (κ1) is 14.7. The van der Waals surface area contributed by atoms with Crippen LogP contribution in [0, 0.1) is 12.8 Å². The van der Waals surface area contributed by atoms with Gasteiger partial charge in [-0.1, -0.05) is 38.5 Å². The lowest BCUT2D eigenvalue weighted by molar-refractivity contribution is -0.120. The topological polar surface area (TPSA) is 46.3 Å². The van der Waals surface area contributed by atoms with Crippen LogP contribution in [0.5, 0.6) is 0 Å². The Balaban J connectivity index is 2.97. The molecule has 3 nitrogen and oxygen atoms in total. The lowest BCUT2D eigenvalue weighted by atomic mass is 9.98. The first-order valence-electron chi connectivity index (χ1n) is 6.65. The molecule has 3 heteroatoms. The van der Waals surface area contributed by atoms with E-state index < -0.39 is 6.04 Å². The summed E-state index contributed by atoms with van der Waals surface area (Å²) in [4.78, 5) is 14.2. The number of hydrogen-bond donors (Lipinski definition) is 1. The molecule has 0 aliphatic carbocycles. The predicted molar refractivity (Wildman–Crippen MR) is 76.6 cm³/mol. The summed E-state index contributed by atoms with van der Waals surface area (Å²) >= 11 is 0. The van der Waals surface area contributed by atoms with E-state index in [2.05, 4.69) is 6.92 Å². The summed E-state index contributed by atoms with van der Waals surface area (Å²) < 4.78 is 0. The van der Waals surface area contributed by atoms with E-state index in [9.17, 15) is 4.79 Å². The number of likely N-dealkylation sites (N-methyl/N-ethyl adjacent to an activating group) is 1. The van der Waals surface area contributed by atoms with E-state index in [1.165, 1.54) is 0 Å². The van der Waals surface area contributed by atoms with Crippen molar-refractivity contribution in [3.05, 3.63) is 29.8 Å². The molecule has 1 aromatic rings. The van der Waals surface area contributed by atoms with Gasteiger partial charge >= 0.3 is 0 Å². The molecule has 1 unspecified atom stereocenters. The number of aryl methyl sites for hydroxylation is 1. The van der Waals surface area contributed by atoms with Crippen molar-refractivity contribution in [2.45, 2.75) is 40.2 Å². The van der Waals surface area contributed by atoms with Gasteiger partial charge in [0.1, 0.15) is 0 Å². The van der Waals surface area contributed by atoms with Crippen LogP contribution in [0.25, 0.3) is 0 Å². The lowest BCUT2D eigenvalue weighted by Gasteiger charge is -2.28. The fourth-order valence-electron chi connectivity index (χ4n) is 1.99. The van der Waals surface area contributed by atoms with E-state index in [-0.39, 0.29) is 11.8 Å². The Labute approximate surface area is 110 Å². The number of hydrogen-bond acceptors (Lipinski definition) is 2. The number of carbonyl (C=O) groups excluding carboxylic acids is 1. The van der Waals surface area contributed by atoms with Gasteiger partial charge in [0, 0.05) is 12.2 Å². The van der Waals surface area contributed by atoms with Gasteiger partial charge in [-0.15, -0.1) is 0 Å². The summed E-state index contributed by atoms with van der Waals surface area (Å²) in [6.45, 7) is 8.72. The zero-order valence-electron chi connectivity index (χ0n) is 11.8. The van der Waals surface area contributed by atoms with Crippen molar-refractivity contribution in [2.24, 2.45) is 11.7 Å². The van der Waals surface area contributed by atoms with Crippen LogP contribution >= 0.6 is 0 Å².